The SMILES string of the molecule is Cc1cc(C(=O)N2CCN(C)CC2)ccc1Nc1nccc(-c2cnc3c(c2)C(C)(C)CN3)n1. The van der Waals surface area contributed by atoms with Crippen LogP contribution >= 0.6 is 0 Å². The molecule has 0 atom stereocenters. The van der Waals surface area contributed by atoms with Gasteiger partial charge in [-0.25, -0.2) is 15.0 Å². The van der Waals surface area contributed by atoms with Gasteiger partial charge in [-0.05, 0) is 49.9 Å². The summed E-state index contributed by atoms with van der Waals surface area (Å²) in [5, 5.41) is 6.69. The lowest BCUT2D eigenvalue weighted by Crippen LogP contribution is -2.47. The first-order chi connectivity index (χ1) is 16.3. The number of benzene rings is 1. The Kier molecular flexibility index (Phi) is 5.69. The third kappa shape index (κ3) is 4.33. The number of aromatic nitrogens is 3. The van der Waals surface area contributed by atoms with E-state index >= 15 is 0 Å². The number of carbonyl (C=O) groups excluding carboxylic acids is 1. The van der Waals surface area contributed by atoms with E-state index in [-0.39, 0.29) is 11.3 Å². The van der Waals surface area contributed by atoms with Crippen LogP contribution < -0.4 is 10.6 Å². The zero-order valence-electron chi connectivity index (χ0n) is 20.2. The van der Waals surface area contributed by atoms with Gasteiger partial charge in [-0.2, -0.15) is 0 Å². The molecule has 0 bridgehead atoms. The monoisotopic (exact) mass is 457 g/mol. The molecule has 0 spiro atoms. The molecule has 0 unspecified atom stereocenters. The van der Waals surface area contributed by atoms with Gasteiger partial charge in [-0.15, -0.1) is 0 Å². The van der Waals surface area contributed by atoms with Crippen LogP contribution in [0.25, 0.3) is 11.3 Å². The van der Waals surface area contributed by atoms with E-state index in [9.17, 15) is 4.79 Å². The molecular weight excluding hydrogens is 426 g/mol. The molecule has 8 heteroatoms. The highest BCUT2D eigenvalue weighted by Crippen LogP contribution is 2.36. The van der Waals surface area contributed by atoms with Crippen molar-refractivity contribution in [1.82, 2.24) is 24.8 Å². The average Bonchev–Trinajstić information content (AvgIpc) is 3.14. The summed E-state index contributed by atoms with van der Waals surface area (Å²) in [5.41, 5.74) is 5.58. The van der Waals surface area contributed by atoms with E-state index in [0.29, 0.717) is 11.5 Å². The van der Waals surface area contributed by atoms with Gasteiger partial charge in [-0.3, -0.25) is 4.79 Å². The Bertz CT molecular complexity index is 1230. The van der Waals surface area contributed by atoms with Gasteiger partial charge in [0.15, 0.2) is 0 Å². The number of amides is 1. The van der Waals surface area contributed by atoms with Crippen molar-refractivity contribution in [1.29, 1.82) is 0 Å². The number of fused-ring (bicyclic) bond motifs is 1. The van der Waals surface area contributed by atoms with Crippen molar-refractivity contribution in [2.45, 2.75) is 26.2 Å². The van der Waals surface area contributed by atoms with Crippen LogP contribution in [-0.4, -0.2) is 70.4 Å². The number of piperazine rings is 1. The van der Waals surface area contributed by atoms with Crippen LogP contribution in [0.2, 0.25) is 0 Å². The van der Waals surface area contributed by atoms with Gasteiger partial charge in [0.05, 0.1) is 5.69 Å². The third-order valence-electron chi connectivity index (χ3n) is 6.78. The highest BCUT2D eigenvalue weighted by molar-refractivity contribution is 5.95. The predicted molar refractivity (Wildman–Crippen MR) is 135 cm³/mol. The number of nitrogens with one attached hydrogen (secondary N) is 2. The summed E-state index contributed by atoms with van der Waals surface area (Å²) in [6.45, 7) is 10.6. The minimum Gasteiger partial charge on any atom is -0.369 e. The summed E-state index contributed by atoms with van der Waals surface area (Å²) in [6, 6.07) is 9.80. The molecule has 1 fully saturated rings. The molecule has 5 rings (SSSR count). The lowest BCUT2D eigenvalue weighted by Gasteiger charge is -2.32. The van der Waals surface area contributed by atoms with Crippen LogP contribution in [-0.2, 0) is 5.41 Å². The van der Waals surface area contributed by atoms with Crippen molar-refractivity contribution in [3.8, 4) is 11.3 Å². The largest absolute Gasteiger partial charge is 0.369 e. The van der Waals surface area contributed by atoms with Crippen LogP contribution in [0.1, 0.15) is 35.3 Å². The van der Waals surface area contributed by atoms with E-state index < -0.39 is 0 Å². The molecular formula is C26H31N7O. The highest BCUT2D eigenvalue weighted by atomic mass is 16.2. The van der Waals surface area contributed by atoms with Gasteiger partial charge >= 0.3 is 0 Å². The molecule has 2 aliphatic heterocycles. The Labute approximate surface area is 200 Å². The molecule has 34 heavy (non-hydrogen) atoms. The number of hydrogen-bond acceptors (Lipinski definition) is 7. The lowest BCUT2D eigenvalue weighted by molar-refractivity contribution is 0.0664. The van der Waals surface area contributed by atoms with E-state index in [4.69, 9.17) is 4.98 Å². The molecule has 1 aromatic carbocycles. The second-order valence-corrected chi connectivity index (χ2v) is 9.87. The quantitative estimate of drug-likeness (QED) is 0.618. The molecule has 2 aromatic heterocycles. The second kappa shape index (κ2) is 8.68. The molecule has 2 N–H and O–H groups in total. The number of aryl methyl sites for hydroxylation is 1. The smallest absolute Gasteiger partial charge is 0.253 e. The maximum Gasteiger partial charge on any atom is 0.253 e. The van der Waals surface area contributed by atoms with Crippen LogP contribution in [0.4, 0.5) is 17.5 Å². The molecule has 0 aliphatic carbocycles. The fraction of sp³-hybridized carbons (Fsp3) is 0.385. The van der Waals surface area contributed by atoms with E-state index in [1.807, 2.05) is 42.3 Å². The number of hydrogen-bond donors (Lipinski definition) is 2. The van der Waals surface area contributed by atoms with Gasteiger partial charge in [0.2, 0.25) is 5.95 Å². The second-order valence-electron chi connectivity index (χ2n) is 9.87. The fourth-order valence-electron chi connectivity index (χ4n) is 4.49. The molecule has 3 aromatic rings. The standard InChI is InChI=1S/C26H31N7O/c1-17-13-18(24(34)33-11-9-32(4)10-12-33)5-6-21(17)30-25-27-8-7-22(31-25)19-14-20-23(28-15-19)29-16-26(20,2)3/h5-8,13-15H,9-12,16H2,1-4H3,(H,28,29)(H,27,30,31). The van der Waals surface area contributed by atoms with Gasteiger partial charge < -0.3 is 20.4 Å². The lowest BCUT2D eigenvalue weighted by atomic mass is 9.87. The van der Waals surface area contributed by atoms with Crippen molar-refractivity contribution < 1.29 is 4.79 Å². The Morgan fingerprint density at radius 1 is 1.09 bits per heavy atom. The first-order valence-electron chi connectivity index (χ1n) is 11.7. The summed E-state index contributed by atoms with van der Waals surface area (Å²) in [4.78, 5) is 30.8. The molecule has 1 amide bonds. The number of anilines is 3. The minimum atomic E-state index is 0.0346. The Hall–Kier alpha value is -3.52. The average molecular weight is 458 g/mol. The molecule has 4 heterocycles. The van der Waals surface area contributed by atoms with Gasteiger partial charge in [0, 0.05) is 72.9 Å². The molecule has 0 saturated carbocycles. The number of likely N-dealkylation sites (N-methyl/N-ethyl adjacent to an activating group) is 1. The van der Waals surface area contributed by atoms with Gasteiger partial charge in [-0.1, -0.05) is 13.8 Å². The number of pyridine rings is 1. The van der Waals surface area contributed by atoms with Crippen molar-refractivity contribution in [3.63, 3.8) is 0 Å². The number of nitrogens with zero attached hydrogens (tertiary/aromatic N) is 5. The Morgan fingerprint density at radius 3 is 2.65 bits per heavy atom. The highest BCUT2D eigenvalue weighted by Gasteiger charge is 2.31. The molecule has 2 aliphatic rings. The Morgan fingerprint density at radius 2 is 1.88 bits per heavy atom. The van der Waals surface area contributed by atoms with E-state index in [1.165, 1.54) is 5.56 Å². The Balaban J connectivity index is 1.34. The predicted octanol–water partition coefficient (Wildman–Crippen LogP) is 3.68. The van der Waals surface area contributed by atoms with E-state index in [2.05, 4.69) is 52.5 Å². The van der Waals surface area contributed by atoms with Crippen LogP contribution in [0.5, 0.6) is 0 Å². The molecule has 0 radical (unpaired) electrons. The normalized spacial score (nSPS) is 17.2. The van der Waals surface area contributed by atoms with Crippen molar-refractivity contribution in [2.75, 3.05) is 50.4 Å². The van der Waals surface area contributed by atoms with Crippen molar-refractivity contribution >= 4 is 23.4 Å². The van der Waals surface area contributed by atoms with Crippen LogP contribution in [0, 0.1) is 6.92 Å². The number of rotatable bonds is 4. The van der Waals surface area contributed by atoms with Gasteiger partial charge in [0.1, 0.15) is 5.82 Å². The summed E-state index contributed by atoms with van der Waals surface area (Å²) >= 11 is 0. The molecule has 1 saturated heterocycles. The molecule has 8 nitrogen and oxygen atoms in total. The fourth-order valence-corrected chi connectivity index (χ4v) is 4.49. The molecule has 176 valence electrons. The summed E-state index contributed by atoms with van der Waals surface area (Å²) in [6.07, 6.45) is 3.60. The van der Waals surface area contributed by atoms with Gasteiger partial charge in [0.25, 0.3) is 5.91 Å². The first-order valence-corrected chi connectivity index (χ1v) is 11.7. The summed E-state index contributed by atoms with van der Waals surface area (Å²) in [7, 11) is 2.09. The van der Waals surface area contributed by atoms with Crippen LogP contribution in [0.3, 0.4) is 0 Å². The summed E-state index contributed by atoms with van der Waals surface area (Å²) < 4.78 is 0. The zero-order valence-corrected chi connectivity index (χ0v) is 20.2. The number of carbonyl (C=O) groups is 1. The van der Waals surface area contributed by atoms with E-state index in [1.54, 1.807) is 6.20 Å². The van der Waals surface area contributed by atoms with Crippen molar-refractivity contribution in [2.24, 2.45) is 0 Å². The summed E-state index contributed by atoms with van der Waals surface area (Å²) in [5.74, 6) is 1.54. The zero-order chi connectivity index (χ0) is 23.9. The minimum absolute atomic E-state index is 0.0346. The maximum atomic E-state index is 12.9. The topological polar surface area (TPSA) is 86.3 Å². The van der Waals surface area contributed by atoms with Crippen molar-refractivity contribution in [3.05, 3.63) is 59.4 Å². The van der Waals surface area contributed by atoms with E-state index in [0.717, 1.165) is 61.0 Å². The first kappa shape index (κ1) is 22.3. The maximum absolute atomic E-state index is 12.9. The third-order valence-corrected chi connectivity index (χ3v) is 6.78. The van der Waals surface area contributed by atoms with Crippen LogP contribution in [0.15, 0.2) is 42.7 Å².